The molecule has 5 heteroatoms. The first-order valence-electron chi connectivity index (χ1n) is 5.50. The molecule has 3 N–H and O–H groups in total. The lowest BCUT2D eigenvalue weighted by Gasteiger charge is -2.08. The van der Waals surface area contributed by atoms with Crippen LogP contribution >= 0.6 is 0 Å². The van der Waals surface area contributed by atoms with Gasteiger partial charge in [0.15, 0.2) is 0 Å². The van der Waals surface area contributed by atoms with E-state index in [1.54, 1.807) is 18.2 Å². The van der Waals surface area contributed by atoms with E-state index >= 15 is 0 Å². The van der Waals surface area contributed by atoms with Gasteiger partial charge in [-0.25, -0.2) is 0 Å². The van der Waals surface area contributed by atoms with Crippen molar-refractivity contribution in [2.24, 2.45) is 5.73 Å². The number of benzene rings is 2. The second kappa shape index (κ2) is 5.29. The van der Waals surface area contributed by atoms with Crippen molar-refractivity contribution in [2.45, 2.75) is 6.54 Å². The fourth-order valence-electron chi connectivity index (χ4n) is 1.67. The molecule has 92 valence electrons. The van der Waals surface area contributed by atoms with Crippen molar-refractivity contribution in [2.75, 3.05) is 5.32 Å². The molecule has 0 aliphatic heterocycles. The summed E-state index contributed by atoms with van der Waals surface area (Å²) in [6.45, 7) is 0.437. The Bertz CT molecular complexity index is 570. The Balaban J connectivity index is 2.31. The summed E-state index contributed by atoms with van der Waals surface area (Å²) in [7, 11) is 0. The van der Waals surface area contributed by atoms with Gasteiger partial charge in [0.2, 0.25) is 0 Å². The van der Waals surface area contributed by atoms with Gasteiger partial charge in [-0.15, -0.1) is 0 Å². The quantitative estimate of drug-likeness (QED) is 0.639. The summed E-state index contributed by atoms with van der Waals surface area (Å²) >= 11 is 0. The molecule has 5 nitrogen and oxygen atoms in total. The molecule has 0 aromatic heterocycles. The summed E-state index contributed by atoms with van der Waals surface area (Å²) in [6.07, 6.45) is 0. The Morgan fingerprint density at radius 2 is 1.94 bits per heavy atom. The van der Waals surface area contributed by atoms with Crippen LogP contribution in [0.3, 0.4) is 0 Å². The Morgan fingerprint density at radius 3 is 2.67 bits per heavy atom. The zero-order valence-electron chi connectivity index (χ0n) is 9.67. The summed E-state index contributed by atoms with van der Waals surface area (Å²) in [6, 6.07) is 14.0. The minimum Gasteiger partial charge on any atom is -0.350 e. The number of nitrogens with two attached hydrogens (primary N) is 1. The molecule has 0 radical (unpaired) electrons. The van der Waals surface area contributed by atoms with Crippen LogP contribution in [0.2, 0.25) is 0 Å². The molecule has 0 atom stereocenters. The highest BCUT2D eigenvalue weighted by atomic mass is 16.6. The van der Waals surface area contributed by atoms with Gasteiger partial charge < -0.3 is 11.1 Å². The number of rotatable bonds is 4. The largest absolute Gasteiger partial charge is 0.350 e. The van der Waals surface area contributed by atoms with Gasteiger partial charge in [0.25, 0.3) is 5.69 Å². The highest BCUT2D eigenvalue weighted by Gasteiger charge is 2.11. The van der Waals surface area contributed by atoms with Crippen molar-refractivity contribution in [3.63, 3.8) is 0 Å². The minimum absolute atomic E-state index is 0.0515. The maximum absolute atomic E-state index is 10.9. The zero-order valence-corrected chi connectivity index (χ0v) is 9.67. The van der Waals surface area contributed by atoms with Gasteiger partial charge in [-0.2, -0.15) is 0 Å². The molecule has 0 bridgehead atoms. The second-order valence-electron chi connectivity index (χ2n) is 3.80. The van der Waals surface area contributed by atoms with E-state index in [0.29, 0.717) is 12.2 Å². The number of hydrogen-bond donors (Lipinski definition) is 2. The van der Waals surface area contributed by atoms with E-state index in [4.69, 9.17) is 5.73 Å². The van der Waals surface area contributed by atoms with Crippen LogP contribution in [0, 0.1) is 10.1 Å². The van der Waals surface area contributed by atoms with Crippen molar-refractivity contribution >= 4 is 17.1 Å². The average molecular weight is 243 g/mol. The van der Waals surface area contributed by atoms with Crippen LogP contribution in [0.5, 0.6) is 0 Å². The summed E-state index contributed by atoms with van der Waals surface area (Å²) in [5.41, 5.74) is 7.83. The molecule has 0 amide bonds. The second-order valence-corrected chi connectivity index (χ2v) is 3.80. The third-order valence-corrected chi connectivity index (χ3v) is 2.54. The topological polar surface area (TPSA) is 81.2 Å². The molecule has 0 saturated heterocycles. The Kier molecular flexibility index (Phi) is 3.54. The van der Waals surface area contributed by atoms with Crippen LogP contribution in [-0.4, -0.2) is 4.92 Å². The monoisotopic (exact) mass is 243 g/mol. The van der Waals surface area contributed by atoms with Gasteiger partial charge in [-0.05, 0) is 23.8 Å². The van der Waals surface area contributed by atoms with Gasteiger partial charge in [0.05, 0.1) is 4.92 Å². The van der Waals surface area contributed by atoms with Crippen LogP contribution in [0.1, 0.15) is 5.56 Å². The van der Waals surface area contributed by atoms with Crippen molar-refractivity contribution in [3.05, 3.63) is 64.2 Å². The highest BCUT2D eigenvalue weighted by molar-refractivity contribution is 5.69. The van der Waals surface area contributed by atoms with Crippen molar-refractivity contribution in [1.82, 2.24) is 0 Å². The number of para-hydroxylation sites is 2. The summed E-state index contributed by atoms with van der Waals surface area (Å²) in [5.74, 6) is 0. The number of nitrogens with one attached hydrogen (secondary N) is 1. The molecule has 0 saturated carbocycles. The standard InChI is InChI=1S/C13H13N3O2/c14-9-10-4-3-5-11(8-10)15-12-6-1-2-7-13(12)16(17)18/h1-8,15H,9,14H2. The van der Waals surface area contributed by atoms with Gasteiger partial charge in [0.1, 0.15) is 5.69 Å². The summed E-state index contributed by atoms with van der Waals surface area (Å²) in [4.78, 5) is 10.5. The normalized spacial score (nSPS) is 10.1. The van der Waals surface area contributed by atoms with Gasteiger partial charge in [-0.3, -0.25) is 10.1 Å². The third-order valence-electron chi connectivity index (χ3n) is 2.54. The molecule has 2 aromatic carbocycles. The van der Waals surface area contributed by atoms with Crippen LogP contribution < -0.4 is 11.1 Å². The molecule has 0 aliphatic rings. The molecule has 2 aromatic rings. The maximum Gasteiger partial charge on any atom is 0.292 e. The van der Waals surface area contributed by atoms with Crippen molar-refractivity contribution < 1.29 is 4.92 Å². The first kappa shape index (κ1) is 12.1. The third kappa shape index (κ3) is 2.64. The van der Waals surface area contributed by atoms with E-state index < -0.39 is 4.92 Å². The fourth-order valence-corrected chi connectivity index (χ4v) is 1.67. The zero-order chi connectivity index (χ0) is 13.0. The molecule has 0 spiro atoms. The molecule has 0 aliphatic carbocycles. The molecule has 0 heterocycles. The Hall–Kier alpha value is -2.40. The minimum atomic E-state index is -0.408. The predicted octanol–water partition coefficient (Wildman–Crippen LogP) is 2.80. The lowest BCUT2D eigenvalue weighted by molar-refractivity contribution is -0.383. The van der Waals surface area contributed by atoms with Crippen LogP contribution in [-0.2, 0) is 6.54 Å². The number of anilines is 2. The summed E-state index contributed by atoms with van der Waals surface area (Å²) in [5, 5.41) is 13.9. The molecule has 2 rings (SSSR count). The van der Waals surface area contributed by atoms with Crippen molar-refractivity contribution in [1.29, 1.82) is 0 Å². The Morgan fingerprint density at radius 1 is 1.17 bits per heavy atom. The SMILES string of the molecule is NCc1cccc(Nc2ccccc2[N+](=O)[O-])c1. The lowest BCUT2D eigenvalue weighted by atomic mass is 10.2. The van der Waals surface area contributed by atoms with E-state index in [1.165, 1.54) is 6.07 Å². The first-order chi connectivity index (χ1) is 8.70. The van der Waals surface area contributed by atoms with E-state index in [-0.39, 0.29) is 5.69 Å². The number of nitrogens with zero attached hydrogens (tertiary/aromatic N) is 1. The van der Waals surface area contributed by atoms with Crippen molar-refractivity contribution in [3.8, 4) is 0 Å². The van der Waals surface area contributed by atoms with Gasteiger partial charge >= 0.3 is 0 Å². The smallest absolute Gasteiger partial charge is 0.292 e. The number of nitro groups is 1. The highest BCUT2D eigenvalue weighted by Crippen LogP contribution is 2.27. The van der Waals surface area contributed by atoms with E-state index in [2.05, 4.69) is 5.32 Å². The molecule has 18 heavy (non-hydrogen) atoms. The van der Waals surface area contributed by atoms with Gasteiger partial charge in [0, 0.05) is 18.3 Å². The first-order valence-corrected chi connectivity index (χ1v) is 5.50. The molecular weight excluding hydrogens is 230 g/mol. The van der Waals surface area contributed by atoms with Crippen LogP contribution in [0.4, 0.5) is 17.1 Å². The number of hydrogen-bond acceptors (Lipinski definition) is 4. The summed E-state index contributed by atoms with van der Waals surface area (Å²) < 4.78 is 0. The fraction of sp³-hybridized carbons (Fsp3) is 0.0769. The predicted molar refractivity (Wildman–Crippen MR) is 70.7 cm³/mol. The maximum atomic E-state index is 10.9. The Labute approximate surface area is 104 Å². The molecule has 0 fully saturated rings. The lowest BCUT2D eigenvalue weighted by Crippen LogP contribution is -1.99. The average Bonchev–Trinajstić information content (AvgIpc) is 2.39. The molecule has 0 unspecified atom stereocenters. The van der Waals surface area contributed by atoms with E-state index in [1.807, 2.05) is 24.3 Å². The van der Waals surface area contributed by atoms with E-state index in [9.17, 15) is 10.1 Å². The van der Waals surface area contributed by atoms with Gasteiger partial charge in [-0.1, -0.05) is 24.3 Å². The number of nitro benzene ring substituents is 1. The van der Waals surface area contributed by atoms with E-state index in [0.717, 1.165) is 11.3 Å². The van der Waals surface area contributed by atoms with Crippen LogP contribution in [0.25, 0.3) is 0 Å². The van der Waals surface area contributed by atoms with Crippen LogP contribution in [0.15, 0.2) is 48.5 Å². The molecular formula is C13H13N3O2.